The summed E-state index contributed by atoms with van der Waals surface area (Å²) in [4.78, 5) is 11.7. The minimum Gasteiger partial charge on any atom is -0.493 e. The zero-order valence-electron chi connectivity index (χ0n) is 16.1. The van der Waals surface area contributed by atoms with Gasteiger partial charge in [-0.25, -0.2) is 15.6 Å². The Bertz CT molecular complexity index is 798. The second-order valence-corrected chi connectivity index (χ2v) is 5.30. The molecule has 0 spiro atoms. The molecule has 0 aromatic heterocycles. The Morgan fingerprint density at radius 1 is 0.714 bits per heavy atom. The van der Waals surface area contributed by atoms with Crippen molar-refractivity contribution in [3.63, 3.8) is 0 Å². The van der Waals surface area contributed by atoms with Crippen molar-refractivity contribution in [2.75, 3.05) is 28.4 Å². The molecule has 2 rings (SSSR count). The third kappa shape index (κ3) is 5.63. The van der Waals surface area contributed by atoms with Crippen LogP contribution in [0.4, 0.5) is 4.79 Å². The van der Waals surface area contributed by atoms with Crippen LogP contribution in [0.1, 0.15) is 11.1 Å². The largest absolute Gasteiger partial charge is 0.493 e. The Balaban J connectivity index is 1.89. The molecule has 0 fully saturated rings. The summed E-state index contributed by atoms with van der Waals surface area (Å²) in [5, 5.41) is 7.71. The van der Waals surface area contributed by atoms with Gasteiger partial charge < -0.3 is 18.9 Å². The van der Waals surface area contributed by atoms with Crippen LogP contribution in [0.15, 0.2) is 46.6 Å². The molecule has 2 amide bonds. The number of nitrogens with zero attached hydrogens (tertiary/aromatic N) is 2. The van der Waals surface area contributed by atoms with Crippen LogP contribution in [0.3, 0.4) is 0 Å². The van der Waals surface area contributed by atoms with Gasteiger partial charge in [0.2, 0.25) is 0 Å². The lowest BCUT2D eigenvalue weighted by molar-refractivity contribution is 0.242. The van der Waals surface area contributed by atoms with Crippen molar-refractivity contribution in [2.45, 2.75) is 0 Å². The molecule has 9 heteroatoms. The molecule has 0 radical (unpaired) electrons. The van der Waals surface area contributed by atoms with E-state index in [9.17, 15) is 4.79 Å². The molecule has 9 nitrogen and oxygen atoms in total. The molecule has 0 aliphatic rings. The van der Waals surface area contributed by atoms with Gasteiger partial charge >= 0.3 is 6.03 Å². The number of nitrogens with one attached hydrogen (secondary N) is 2. The van der Waals surface area contributed by atoms with E-state index in [1.807, 2.05) is 0 Å². The molecule has 0 bridgehead atoms. The molecule has 0 aliphatic carbocycles. The number of hydrogen-bond acceptors (Lipinski definition) is 7. The molecule has 0 unspecified atom stereocenters. The van der Waals surface area contributed by atoms with Crippen LogP contribution >= 0.6 is 0 Å². The molecule has 2 aromatic rings. The number of carbonyl (C=O) groups excluding carboxylic acids is 1. The quantitative estimate of drug-likeness (QED) is 0.536. The number of hydrazone groups is 2. The van der Waals surface area contributed by atoms with Crippen molar-refractivity contribution in [2.24, 2.45) is 10.2 Å². The molecule has 0 atom stereocenters. The summed E-state index contributed by atoms with van der Waals surface area (Å²) in [6.07, 6.45) is 2.94. The number of methoxy groups -OCH3 is 4. The van der Waals surface area contributed by atoms with E-state index >= 15 is 0 Å². The van der Waals surface area contributed by atoms with Crippen LogP contribution in [0.25, 0.3) is 0 Å². The van der Waals surface area contributed by atoms with Gasteiger partial charge in [0.05, 0.1) is 40.9 Å². The highest BCUT2D eigenvalue weighted by Gasteiger charge is 2.04. The zero-order valence-corrected chi connectivity index (χ0v) is 16.1. The van der Waals surface area contributed by atoms with E-state index in [1.54, 1.807) is 64.8 Å². The molecular weight excluding hydrogens is 364 g/mol. The second-order valence-electron chi connectivity index (χ2n) is 5.30. The van der Waals surface area contributed by atoms with Crippen molar-refractivity contribution < 1.29 is 23.7 Å². The van der Waals surface area contributed by atoms with Crippen molar-refractivity contribution >= 4 is 18.5 Å². The number of benzene rings is 2. The van der Waals surface area contributed by atoms with Gasteiger partial charge in [-0.2, -0.15) is 10.2 Å². The molecule has 2 N–H and O–H groups in total. The molecule has 0 aliphatic heterocycles. The maximum Gasteiger partial charge on any atom is 0.355 e. The standard InChI is InChI=1S/C19H22N4O5/c1-25-15-7-5-13(9-17(15)27-3)11-20-22-19(24)23-21-12-14-6-8-16(26-2)18(10-14)28-4/h5-12H,1-4H3,(H2,22,23,24)/b20-11+,21-12?. The van der Waals surface area contributed by atoms with Gasteiger partial charge in [-0.3, -0.25) is 0 Å². The highest BCUT2D eigenvalue weighted by molar-refractivity contribution is 5.84. The molecule has 0 heterocycles. The monoisotopic (exact) mass is 386 g/mol. The first-order chi connectivity index (χ1) is 13.6. The van der Waals surface area contributed by atoms with Gasteiger partial charge in [-0.05, 0) is 47.5 Å². The van der Waals surface area contributed by atoms with Crippen LogP contribution in [0.2, 0.25) is 0 Å². The first-order valence-corrected chi connectivity index (χ1v) is 8.17. The molecule has 28 heavy (non-hydrogen) atoms. The Labute approximate surface area is 162 Å². The smallest absolute Gasteiger partial charge is 0.355 e. The van der Waals surface area contributed by atoms with Gasteiger partial charge in [0.1, 0.15) is 0 Å². The van der Waals surface area contributed by atoms with E-state index < -0.39 is 6.03 Å². The lowest BCUT2D eigenvalue weighted by Gasteiger charge is -2.07. The van der Waals surface area contributed by atoms with Crippen molar-refractivity contribution in [1.29, 1.82) is 0 Å². The maximum absolute atomic E-state index is 11.7. The number of amides is 2. The third-order valence-electron chi connectivity index (χ3n) is 3.57. The normalized spacial score (nSPS) is 10.7. The van der Waals surface area contributed by atoms with Crippen LogP contribution < -0.4 is 29.8 Å². The topological polar surface area (TPSA) is 103 Å². The Kier molecular flexibility index (Phi) is 7.64. The Morgan fingerprint density at radius 3 is 1.46 bits per heavy atom. The van der Waals surface area contributed by atoms with Crippen LogP contribution in [0.5, 0.6) is 23.0 Å². The van der Waals surface area contributed by atoms with Gasteiger partial charge in [-0.1, -0.05) is 0 Å². The molecular formula is C19H22N4O5. The van der Waals surface area contributed by atoms with Gasteiger partial charge in [-0.15, -0.1) is 0 Å². The summed E-state index contributed by atoms with van der Waals surface area (Å²) in [6, 6.07) is 9.92. The predicted molar refractivity (Wildman–Crippen MR) is 106 cm³/mol. The summed E-state index contributed by atoms with van der Waals surface area (Å²) in [6.45, 7) is 0. The van der Waals surface area contributed by atoms with Gasteiger partial charge in [0, 0.05) is 0 Å². The fourth-order valence-electron chi connectivity index (χ4n) is 2.22. The van der Waals surface area contributed by atoms with E-state index in [1.165, 1.54) is 12.4 Å². The lowest BCUT2D eigenvalue weighted by Crippen LogP contribution is -2.28. The SMILES string of the molecule is COc1ccc(C=NNC(=O)N/N=C/c2ccc(OC)c(OC)c2)cc1OC. The molecule has 0 saturated heterocycles. The minimum absolute atomic E-state index is 0.565. The second kappa shape index (κ2) is 10.4. The molecule has 2 aromatic carbocycles. The van der Waals surface area contributed by atoms with Gasteiger partial charge in [0.15, 0.2) is 23.0 Å². The summed E-state index contributed by atoms with van der Waals surface area (Å²) in [7, 11) is 6.20. The number of rotatable bonds is 8. The van der Waals surface area contributed by atoms with E-state index in [4.69, 9.17) is 18.9 Å². The van der Waals surface area contributed by atoms with Crippen molar-refractivity contribution in [3.05, 3.63) is 47.5 Å². The average molecular weight is 386 g/mol. The molecule has 148 valence electrons. The maximum atomic E-state index is 11.7. The number of carbonyl (C=O) groups is 1. The van der Waals surface area contributed by atoms with Crippen molar-refractivity contribution in [3.8, 4) is 23.0 Å². The molecule has 0 saturated carbocycles. The highest BCUT2D eigenvalue weighted by atomic mass is 16.5. The Morgan fingerprint density at radius 2 is 1.11 bits per heavy atom. The summed E-state index contributed by atoms with van der Waals surface area (Å²) < 4.78 is 20.7. The van der Waals surface area contributed by atoms with E-state index in [0.717, 1.165) is 11.1 Å². The third-order valence-corrected chi connectivity index (χ3v) is 3.57. The predicted octanol–water partition coefficient (Wildman–Crippen LogP) is 2.39. The fraction of sp³-hybridized carbons (Fsp3) is 0.211. The fourth-order valence-corrected chi connectivity index (χ4v) is 2.22. The summed E-state index contributed by atoms with van der Waals surface area (Å²) in [5.74, 6) is 2.34. The number of ether oxygens (including phenoxy) is 4. The summed E-state index contributed by atoms with van der Waals surface area (Å²) >= 11 is 0. The van der Waals surface area contributed by atoms with Crippen LogP contribution in [0, 0.1) is 0 Å². The van der Waals surface area contributed by atoms with Crippen LogP contribution in [-0.4, -0.2) is 46.9 Å². The first-order valence-electron chi connectivity index (χ1n) is 8.17. The summed E-state index contributed by atoms with van der Waals surface area (Å²) in [5.41, 5.74) is 6.08. The highest BCUT2D eigenvalue weighted by Crippen LogP contribution is 2.27. The number of urea groups is 1. The lowest BCUT2D eigenvalue weighted by atomic mass is 10.2. The Hall–Kier alpha value is -3.75. The van der Waals surface area contributed by atoms with E-state index in [2.05, 4.69) is 21.1 Å². The zero-order chi connectivity index (χ0) is 20.4. The minimum atomic E-state index is -0.589. The average Bonchev–Trinajstić information content (AvgIpc) is 2.73. The van der Waals surface area contributed by atoms with Crippen LogP contribution in [-0.2, 0) is 0 Å². The van der Waals surface area contributed by atoms with E-state index in [0.29, 0.717) is 23.0 Å². The number of hydrogen-bond donors (Lipinski definition) is 2. The first kappa shape index (κ1) is 20.6. The van der Waals surface area contributed by atoms with E-state index in [-0.39, 0.29) is 0 Å². The van der Waals surface area contributed by atoms with Crippen molar-refractivity contribution in [1.82, 2.24) is 10.9 Å². The van der Waals surface area contributed by atoms with Gasteiger partial charge in [0.25, 0.3) is 0 Å².